The molecule has 0 aliphatic carbocycles. The zero-order chi connectivity index (χ0) is 9.84. The van der Waals surface area contributed by atoms with Crippen molar-refractivity contribution >= 4 is 28.4 Å². The van der Waals surface area contributed by atoms with Gasteiger partial charge >= 0.3 is 6.03 Å². The van der Waals surface area contributed by atoms with E-state index in [4.69, 9.17) is 5.73 Å². The molecule has 1 aromatic rings. The fourth-order valence-electron chi connectivity index (χ4n) is 0.604. The summed E-state index contributed by atoms with van der Waals surface area (Å²) in [5, 5.41) is 6.59. The number of hydrogen-bond acceptors (Lipinski definition) is 4. The first-order valence-corrected chi connectivity index (χ1v) is 4.25. The van der Waals surface area contributed by atoms with Crippen molar-refractivity contribution in [2.75, 3.05) is 12.4 Å². The normalized spacial score (nSPS) is 9.31. The van der Waals surface area contributed by atoms with Crippen LogP contribution in [-0.4, -0.2) is 24.0 Å². The molecule has 0 aliphatic heterocycles. The van der Waals surface area contributed by atoms with Crippen LogP contribution in [0, 0.1) is 0 Å². The Bertz CT molecular complexity index is 335. The molecule has 0 fully saturated rings. The molecular formula is C6H8N4O2S. The number of amides is 3. The van der Waals surface area contributed by atoms with E-state index in [0.717, 1.165) is 11.3 Å². The average molecular weight is 200 g/mol. The van der Waals surface area contributed by atoms with Crippen molar-refractivity contribution < 1.29 is 9.59 Å². The van der Waals surface area contributed by atoms with Gasteiger partial charge in [0.1, 0.15) is 5.69 Å². The van der Waals surface area contributed by atoms with Crippen LogP contribution < -0.4 is 16.4 Å². The number of rotatable bonds is 2. The lowest BCUT2D eigenvalue weighted by molar-refractivity contribution is 0.0996. The number of hydrogen-bond donors (Lipinski definition) is 3. The van der Waals surface area contributed by atoms with Gasteiger partial charge < -0.3 is 11.1 Å². The Morgan fingerprint density at radius 1 is 1.62 bits per heavy atom. The van der Waals surface area contributed by atoms with E-state index in [2.05, 4.69) is 15.6 Å². The van der Waals surface area contributed by atoms with Gasteiger partial charge in [-0.3, -0.25) is 10.1 Å². The quantitative estimate of drug-likeness (QED) is 0.626. The third-order valence-corrected chi connectivity index (χ3v) is 1.96. The van der Waals surface area contributed by atoms with Gasteiger partial charge in [-0.25, -0.2) is 9.78 Å². The van der Waals surface area contributed by atoms with Crippen LogP contribution in [0.5, 0.6) is 0 Å². The van der Waals surface area contributed by atoms with Gasteiger partial charge in [0, 0.05) is 12.4 Å². The summed E-state index contributed by atoms with van der Waals surface area (Å²) in [7, 11) is 1.48. The molecule has 0 bridgehead atoms. The van der Waals surface area contributed by atoms with Crippen molar-refractivity contribution in [1.29, 1.82) is 0 Å². The Kier molecular flexibility index (Phi) is 2.80. The lowest BCUT2D eigenvalue weighted by Gasteiger charge is -1.97. The Hall–Kier alpha value is -1.63. The predicted octanol–water partition coefficient (Wildman–Crippen LogP) is -0.00670. The smallest absolute Gasteiger partial charge is 0.320 e. The lowest BCUT2D eigenvalue weighted by Crippen LogP contribution is -2.24. The molecule has 1 rings (SSSR count). The molecule has 0 radical (unpaired) electrons. The summed E-state index contributed by atoms with van der Waals surface area (Å²) in [6.45, 7) is 0. The minimum atomic E-state index is -0.610. The van der Waals surface area contributed by atoms with Crippen LogP contribution in [0.3, 0.4) is 0 Å². The van der Waals surface area contributed by atoms with E-state index in [9.17, 15) is 9.59 Å². The molecule has 6 nitrogen and oxygen atoms in total. The first-order valence-electron chi connectivity index (χ1n) is 3.37. The second-order valence-electron chi connectivity index (χ2n) is 2.11. The van der Waals surface area contributed by atoms with Gasteiger partial charge in [0.05, 0.1) is 0 Å². The van der Waals surface area contributed by atoms with Gasteiger partial charge in [0.25, 0.3) is 5.91 Å². The van der Waals surface area contributed by atoms with E-state index < -0.39 is 5.91 Å². The average Bonchev–Trinajstić information content (AvgIpc) is 2.52. The highest BCUT2D eigenvalue weighted by molar-refractivity contribution is 7.14. The fraction of sp³-hybridized carbons (Fsp3) is 0.167. The number of aromatic nitrogens is 1. The highest BCUT2D eigenvalue weighted by Crippen LogP contribution is 2.14. The molecule has 7 heteroatoms. The molecule has 13 heavy (non-hydrogen) atoms. The molecule has 1 aromatic heterocycles. The summed E-state index contributed by atoms with van der Waals surface area (Å²) in [5.74, 6) is -0.610. The predicted molar refractivity (Wildman–Crippen MR) is 48.7 cm³/mol. The van der Waals surface area contributed by atoms with Crippen LogP contribution in [0.25, 0.3) is 0 Å². The highest BCUT2D eigenvalue weighted by atomic mass is 32.1. The molecule has 0 aromatic carbocycles. The Morgan fingerprint density at radius 3 is 2.77 bits per heavy atom. The Balaban J connectivity index is 2.69. The first-order chi connectivity index (χ1) is 6.13. The zero-order valence-corrected chi connectivity index (χ0v) is 7.64. The number of nitrogens with one attached hydrogen (secondary N) is 2. The molecule has 3 amide bonds. The number of carbonyl (C=O) groups is 2. The van der Waals surface area contributed by atoms with E-state index in [0.29, 0.717) is 5.13 Å². The second kappa shape index (κ2) is 3.85. The van der Waals surface area contributed by atoms with Crippen molar-refractivity contribution in [3.05, 3.63) is 11.1 Å². The van der Waals surface area contributed by atoms with E-state index in [-0.39, 0.29) is 11.7 Å². The third-order valence-electron chi connectivity index (χ3n) is 1.20. The minimum absolute atomic E-state index is 0.149. The van der Waals surface area contributed by atoms with Crippen LogP contribution in [0.4, 0.5) is 9.93 Å². The largest absolute Gasteiger partial charge is 0.364 e. The number of carbonyl (C=O) groups excluding carboxylic acids is 2. The summed E-state index contributed by atoms with van der Waals surface area (Å²) in [6, 6.07) is -0.384. The second-order valence-corrected chi connectivity index (χ2v) is 2.96. The van der Waals surface area contributed by atoms with Gasteiger partial charge in [-0.15, -0.1) is 11.3 Å². The number of thiazole rings is 1. The molecular weight excluding hydrogens is 192 g/mol. The van der Waals surface area contributed by atoms with Gasteiger partial charge in [0.2, 0.25) is 0 Å². The minimum Gasteiger partial charge on any atom is -0.364 e. The highest BCUT2D eigenvalue weighted by Gasteiger charge is 2.07. The van der Waals surface area contributed by atoms with E-state index >= 15 is 0 Å². The molecule has 0 saturated carbocycles. The van der Waals surface area contributed by atoms with Crippen molar-refractivity contribution in [2.45, 2.75) is 0 Å². The van der Waals surface area contributed by atoms with Crippen molar-refractivity contribution in [1.82, 2.24) is 10.3 Å². The number of nitrogens with zero attached hydrogens (tertiary/aromatic N) is 1. The molecule has 0 spiro atoms. The number of urea groups is 1. The zero-order valence-electron chi connectivity index (χ0n) is 6.83. The van der Waals surface area contributed by atoms with Crippen molar-refractivity contribution in [2.24, 2.45) is 5.73 Å². The molecule has 1 heterocycles. The summed E-state index contributed by atoms with van der Waals surface area (Å²) in [6.07, 6.45) is 0. The van der Waals surface area contributed by atoms with Gasteiger partial charge in [0.15, 0.2) is 5.13 Å². The number of nitrogens with two attached hydrogens (primary N) is 1. The topological polar surface area (TPSA) is 97.1 Å². The molecule has 0 saturated heterocycles. The fourth-order valence-corrected chi connectivity index (χ4v) is 1.30. The van der Waals surface area contributed by atoms with E-state index in [1.165, 1.54) is 12.4 Å². The third kappa shape index (κ3) is 2.41. The van der Waals surface area contributed by atoms with E-state index in [1.807, 2.05) is 0 Å². The van der Waals surface area contributed by atoms with Crippen LogP contribution in [0.15, 0.2) is 5.38 Å². The summed E-state index contributed by atoms with van der Waals surface area (Å²) >= 11 is 1.14. The van der Waals surface area contributed by atoms with E-state index in [1.54, 1.807) is 0 Å². The molecule has 0 aliphatic rings. The summed E-state index contributed by atoms with van der Waals surface area (Å²) in [4.78, 5) is 25.2. The monoisotopic (exact) mass is 200 g/mol. The maximum Gasteiger partial charge on any atom is 0.320 e. The van der Waals surface area contributed by atoms with Gasteiger partial charge in [-0.2, -0.15) is 0 Å². The standard InChI is InChI=1S/C6H8N4O2S/c1-8-5(12)10-6-9-3(2-13-6)4(7)11/h2H,1H3,(H2,7,11)(H2,8,9,10,12). The van der Waals surface area contributed by atoms with Crippen molar-refractivity contribution in [3.8, 4) is 0 Å². The maximum absolute atomic E-state index is 10.8. The van der Waals surface area contributed by atoms with Gasteiger partial charge in [-0.1, -0.05) is 0 Å². The van der Waals surface area contributed by atoms with Gasteiger partial charge in [-0.05, 0) is 0 Å². The van der Waals surface area contributed by atoms with Crippen molar-refractivity contribution in [3.63, 3.8) is 0 Å². The molecule has 0 unspecified atom stereocenters. The number of anilines is 1. The van der Waals surface area contributed by atoms with Crippen LogP contribution in [0.1, 0.15) is 10.5 Å². The molecule has 0 atom stereocenters. The Morgan fingerprint density at radius 2 is 2.31 bits per heavy atom. The molecule has 70 valence electrons. The molecule has 4 N–H and O–H groups in total. The van der Waals surface area contributed by atoms with Crippen LogP contribution >= 0.6 is 11.3 Å². The number of primary amides is 1. The SMILES string of the molecule is CNC(=O)Nc1nc(C(N)=O)cs1. The maximum atomic E-state index is 10.8. The lowest BCUT2D eigenvalue weighted by atomic mass is 10.5. The van der Waals surface area contributed by atoms with Crippen LogP contribution in [0.2, 0.25) is 0 Å². The van der Waals surface area contributed by atoms with Crippen LogP contribution in [-0.2, 0) is 0 Å². The summed E-state index contributed by atoms with van der Waals surface area (Å²) in [5.41, 5.74) is 5.12. The Labute approximate surface area is 78.1 Å². The first kappa shape index (κ1) is 9.46. The summed E-state index contributed by atoms with van der Waals surface area (Å²) < 4.78 is 0.